The van der Waals surface area contributed by atoms with E-state index in [1.807, 2.05) is 26.0 Å². The number of ketones is 1. The average Bonchev–Trinajstić information content (AvgIpc) is 2.90. The van der Waals surface area contributed by atoms with E-state index in [2.05, 4.69) is 0 Å². The number of allylic oxidation sites excluding steroid dienone is 1. The van der Waals surface area contributed by atoms with E-state index in [1.54, 1.807) is 67.8 Å². The molecule has 0 spiro atoms. The fraction of sp³-hybridized carbons (Fsp3) is 0.200. The van der Waals surface area contributed by atoms with Crippen LogP contribution in [-0.2, 0) is 0 Å². The van der Waals surface area contributed by atoms with Gasteiger partial charge in [0.25, 0.3) is 0 Å². The SMILES string of the molecule is COc1cccc(C(=O)Oc2cc(C=CC(=O)c3ccc(OC)c4c3OC(C)(C)C=C4)ccc2OC)c1. The highest BCUT2D eigenvalue weighted by molar-refractivity contribution is 6.09. The minimum absolute atomic E-state index is 0.224. The monoisotopic (exact) mass is 500 g/mol. The molecular formula is C30H28O7. The number of hydrogen-bond acceptors (Lipinski definition) is 7. The number of benzene rings is 3. The zero-order chi connectivity index (χ0) is 26.6. The van der Waals surface area contributed by atoms with E-state index < -0.39 is 11.6 Å². The fourth-order valence-electron chi connectivity index (χ4n) is 3.85. The molecule has 0 N–H and O–H groups in total. The van der Waals surface area contributed by atoms with Crippen molar-refractivity contribution < 1.29 is 33.3 Å². The van der Waals surface area contributed by atoms with Crippen molar-refractivity contribution in [2.75, 3.05) is 21.3 Å². The number of hydrogen-bond donors (Lipinski definition) is 0. The highest BCUT2D eigenvalue weighted by Gasteiger charge is 2.27. The van der Waals surface area contributed by atoms with Crippen molar-refractivity contribution in [2.45, 2.75) is 19.4 Å². The molecule has 3 aromatic carbocycles. The van der Waals surface area contributed by atoms with Crippen LogP contribution in [0.1, 0.15) is 45.7 Å². The van der Waals surface area contributed by atoms with Gasteiger partial charge in [0.1, 0.15) is 22.8 Å². The lowest BCUT2D eigenvalue weighted by atomic mass is 9.97. The van der Waals surface area contributed by atoms with E-state index in [9.17, 15) is 9.59 Å². The van der Waals surface area contributed by atoms with Crippen molar-refractivity contribution in [3.05, 3.63) is 89.0 Å². The zero-order valence-electron chi connectivity index (χ0n) is 21.4. The first kappa shape index (κ1) is 25.6. The molecule has 0 saturated carbocycles. The molecule has 190 valence electrons. The van der Waals surface area contributed by atoms with Gasteiger partial charge in [-0.1, -0.05) is 18.2 Å². The van der Waals surface area contributed by atoms with Crippen LogP contribution < -0.4 is 23.7 Å². The van der Waals surface area contributed by atoms with Crippen molar-refractivity contribution in [3.63, 3.8) is 0 Å². The Morgan fingerprint density at radius 3 is 2.35 bits per heavy atom. The molecule has 7 nitrogen and oxygen atoms in total. The number of esters is 1. The maximum Gasteiger partial charge on any atom is 0.343 e. The van der Waals surface area contributed by atoms with E-state index in [0.29, 0.717) is 39.7 Å². The molecular weight excluding hydrogens is 472 g/mol. The Morgan fingerprint density at radius 2 is 1.62 bits per heavy atom. The van der Waals surface area contributed by atoms with Gasteiger partial charge in [0.15, 0.2) is 17.3 Å². The smallest absolute Gasteiger partial charge is 0.343 e. The van der Waals surface area contributed by atoms with Gasteiger partial charge in [-0.3, -0.25) is 4.79 Å². The summed E-state index contributed by atoms with van der Waals surface area (Å²) >= 11 is 0. The van der Waals surface area contributed by atoms with E-state index in [-0.39, 0.29) is 11.5 Å². The molecule has 4 rings (SSSR count). The lowest BCUT2D eigenvalue weighted by Gasteiger charge is -2.29. The van der Waals surface area contributed by atoms with E-state index in [1.165, 1.54) is 20.3 Å². The van der Waals surface area contributed by atoms with Crippen LogP contribution in [0.15, 0.2) is 66.7 Å². The molecule has 0 aromatic heterocycles. The van der Waals surface area contributed by atoms with E-state index in [4.69, 9.17) is 23.7 Å². The molecule has 0 radical (unpaired) electrons. The van der Waals surface area contributed by atoms with Gasteiger partial charge in [0.2, 0.25) is 0 Å². The summed E-state index contributed by atoms with van der Waals surface area (Å²) in [5.41, 5.74) is 1.56. The van der Waals surface area contributed by atoms with Gasteiger partial charge in [-0.25, -0.2) is 4.79 Å². The molecule has 0 amide bonds. The second-order valence-corrected chi connectivity index (χ2v) is 8.83. The molecule has 0 unspecified atom stereocenters. The molecule has 1 aliphatic heterocycles. The Labute approximate surface area is 215 Å². The third-order valence-electron chi connectivity index (χ3n) is 5.78. The summed E-state index contributed by atoms with van der Waals surface area (Å²) in [4.78, 5) is 25.9. The van der Waals surface area contributed by atoms with Gasteiger partial charge in [-0.05, 0) is 80.1 Å². The van der Waals surface area contributed by atoms with E-state index >= 15 is 0 Å². The molecule has 1 heterocycles. The highest BCUT2D eigenvalue weighted by atomic mass is 16.6. The number of carbonyl (C=O) groups is 2. The van der Waals surface area contributed by atoms with Crippen molar-refractivity contribution in [1.29, 1.82) is 0 Å². The molecule has 0 aliphatic carbocycles. The first-order valence-corrected chi connectivity index (χ1v) is 11.6. The van der Waals surface area contributed by atoms with Crippen LogP contribution in [0.25, 0.3) is 12.2 Å². The molecule has 0 saturated heterocycles. The van der Waals surface area contributed by atoms with Crippen LogP contribution in [0.3, 0.4) is 0 Å². The summed E-state index contributed by atoms with van der Waals surface area (Å²) < 4.78 is 27.7. The predicted molar refractivity (Wildman–Crippen MR) is 141 cm³/mol. The molecule has 37 heavy (non-hydrogen) atoms. The molecule has 0 atom stereocenters. The van der Waals surface area contributed by atoms with Gasteiger partial charge in [-0.15, -0.1) is 0 Å². The molecule has 1 aliphatic rings. The molecule has 0 bridgehead atoms. The normalized spacial score (nSPS) is 13.4. The first-order chi connectivity index (χ1) is 17.7. The fourth-order valence-corrected chi connectivity index (χ4v) is 3.85. The highest BCUT2D eigenvalue weighted by Crippen LogP contribution is 2.40. The van der Waals surface area contributed by atoms with Gasteiger partial charge in [0.05, 0.1) is 38.0 Å². The Balaban J connectivity index is 1.59. The number of carbonyl (C=O) groups excluding carboxylic acids is 2. The molecule has 0 fully saturated rings. The van der Waals surface area contributed by atoms with Crippen molar-refractivity contribution >= 4 is 23.9 Å². The van der Waals surface area contributed by atoms with Gasteiger partial charge in [0, 0.05) is 0 Å². The zero-order valence-corrected chi connectivity index (χ0v) is 21.4. The summed E-state index contributed by atoms with van der Waals surface area (Å²) in [7, 11) is 4.59. The number of ether oxygens (including phenoxy) is 5. The van der Waals surface area contributed by atoms with Crippen LogP contribution in [0.4, 0.5) is 0 Å². The molecule has 3 aromatic rings. The largest absolute Gasteiger partial charge is 0.497 e. The quantitative estimate of drug-likeness (QED) is 0.162. The minimum Gasteiger partial charge on any atom is -0.497 e. The summed E-state index contributed by atoms with van der Waals surface area (Å²) in [6.07, 6.45) is 6.93. The van der Waals surface area contributed by atoms with Crippen molar-refractivity contribution in [2.24, 2.45) is 0 Å². The van der Waals surface area contributed by atoms with Crippen LogP contribution in [-0.4, -0.2) is 38.7 Å². The number of fused-ring (bicyclic) bond motifs is 1. The Bertz CT molecular complexity index is 1400. The Kier molecular flexibility index (Phi) is 7.34. The standard InChI is InChI=1S/C30H28O7/c1-30(2)16-15-23-25(34-4)14-11-22(28(23)37-30)24(31)12-9-19-10-13-26(35-5)27(17-19)36-29(32)20-7-6-8-21(18-20)33-3/h6-18H,1-5H3. The predicted octanol–water partition coefficient (Wildman–Crippen LogP) is 6.01. The van der Waals surface area contributed by atoms with Crippen LogP contribution in [0.5, 0.6) is 28.7 Å². The second-order valence-electron chi connectivity index (χ2n) is 8.83. The minimum atomic E-state index is -0.563. The van der Waals surface area contributed by atoms with E-state index in [0.717, 1.165) is 5.56 Å². The maximum absolute atomic E-state index is 13.2. The Morgan fingerprint density at radius 1 is 0.865 bits per heavy atom. The molecule has 7 heteroatoms. The average molecular weight is 501 g/mol. The van der Waals surface area contributed by atoms with Crippen LogP contribution in [0.2, 0.25) is 0 Å². The first-order valence-electron chi connectivity index (χ1n) is 11.6. The summed E-state index contributed by atoms with van der Waals surface area (Å²) in [5, 5.41) is 0. The summed E-state index contributed by atoms with van der Waals surface area (Å²) in [6, 6.07) is 15.2. The summed E-state index contributed by atoms with van der Waals surface area (Å²) in [6.45, 7) is 3.84. The van der Waals surface area contributed by atoms with Gasteiger partial charge < -0.3 is 23.7 Å². The van der Waals surface area contributed by atoms with Crippen LogP contribution >= 0.6 is 0 Å². The second kappa shape index (κ2) is 10.6. The van der Waals surface area contributed by atoms with Gasteiger partial charge in [-0.2, -0.15) is 0 Å². The third-order valence-corrected chi connectivity index (χ3v) is 5.78. The van der Waals surface area contributed by atoms with Crippen molar-refractivity contribution in [1.82, 2.24) is 0 Å². The Hall–Kier alpha value is -4.52. The lowest BCUT2D eigenvalue weighted by Crippen LogP contribution is -2.28. The number of rotatable bonds is 8. The summed E-state index contributed by atoms with van der Waals surface area (Å²) in [5.74, 6) is 1.44. The lowest BCUT2D eigenvalue weighted by molar-refractivity contribution is 0.0729. The maximum atomic E-state index is 13.2. The topological polar surface area (TPSA) is 80.3 Å². The third kappa shape index (κ3) is 5.67. The van der Waals surface area contributed by atoms with Crippen molar-refractivity contribution in [3.8, 4) is 28.7 Å². The van der Waals surface area contributed by atoms with Gasteiger partial charge >= 0.3 is 5.97 Å². The number of methoxy groups -OCH3 is 3. The van der Waals surface area contributed by atoms with Crippen LogP contribution in [0, 0.1) is 0 Å².